The maximum atomic E-state index is 13.0. The Bertz CT molecular complexity index is 995. The third-order valence-corrected chi connectivity index (χ3v) is 7.92. The van der Waals surface area contributed by atoms with E-state index in [1.165, 1.54) is 11.1 Å². The SMILES string of the molecule is Cc1cccc(CS(=O)(=O)N2CCC(C(=O)N3CCc4ccccc4C3)CC2)c1. The molecule has 0 aliphatic carbocycles. The van der Waals surface area contributed by atoms with Crippen molar-refractivity contribution in [2.75, 3.05) is 19.6 Å². The lowest BCUT2D eigenvalue weighted by Crippen LogP contribution is -2.45. The normalized spacial score (nSPS) is 18.4. The lowest BCUT2D eigenvalue weighted by molar-refractivity contribution is -0.137. The van der Waals surface area contributed by atoms with Gasteiger partial charge in [-0.2, -0.15) is 0 Å². The quantitative estimate of drug-likeness (QED) is 0.775. The van der Waals surface area contributed by atoms with E-state index in [1.54, 1.807) is 4.31 Å². The Labute approximate surface area is 173 Å². The Morgan fingerprint density at radius 3 is 2.45 bits per heavy atom. The smallest absolute Gasteiger partial charge is 0.226 e. The van der Waals surface area contributed by atoms with Crippen molar-refractivity contribution in [1.82, 2.24) is 9.21 Å². The van der Waals surface area contributed by atoms with Gasteiger partial charge in [0.1, 0.15) is 0 Å². The van der Waals surface area contributed by atoms with Gasteiger partial charge >= 0.3 is 0 Å². The summed E-state index contributed by atoms with van der Waals surface area (Å²) in [7, 11) is -3.36. The van der Waals surface area contributed by atoms with E-state index in [2.05, 4.69) is 12.1 Å². The minimum Gasteiger partial charge on any atom is -0.338 e. The van der Waals surface area contributed by atoms with Gasteiger partial charge in [-0.25, -0.2) is 12.7 Å². The topological polar surface area (TPSA) is 57.7 Å². The highest BCUT2D eigenvalue weighted by molar-refractivity contribution is 7.88. The van der Waals surface area contributed by atoms with Crippen LogP contribution in [0.2, 0.25) is 0 Å². The van der Waals surface area contributed by atoms with Gasteiger partial charge in [-0.05, 0) is 42.9 Å². The van der Waals surface area contributed by atoms with E-state index in [0.717, 1.165) is 24.1 Å². The molecule has 1 fully saturated rings. The summed E-state index contributed by atoms with van der Waals surface area (Å²) in [4.78, 5) is 15.0. The molecule has 0 atom stereocenters. The zero-order chi connectivity index (χ0) is 20.4. The highest BCUT2D eigenvalue weighted by Gasteiger charge is 2.34. The number of fused-ring (bicyclic) bond motifs is 1. The molecule has 0 aromatic heterocycles. The molecule has 2 aromatic carbocycles. The minimum absolute atomic E-state index is 0.0240. The predicted molar refractivity (Wildman–Crippen MR) is 114 cm³/mol. The van der Waals surface area contributed by atoms with Crippen molar-refractivity contribution in [1.29, 1.82) is 0 Å². The number of amides is 1. The van der Waals surface area contributed by atoms with E-state index in [1.807, 2.05) is 48.2 Å². The number of carbonyl (C=O) groups is 1. The third kappa shape index (κ3) is 4.54. The summed E-state index contributed by atoms with van der Waals surface area (Å²) in [6, 6.07) is 15.9. The molecule has 5 nitrogen and oxygen atoms in total. The molecule has 4 rings (SSSR count). The average molecular weight is 413 g/mol. The third-order valence-electron chi connectivity index (χ3n) is 6.07. The van der Waals surface area contributed by atoms with Crippen LogP contribution in [0.1, 0.15) is 35.1 Å². The molecule has 0 radical (unpaired) electrons. The fourth-order valence-electron chi connectivity index (χ4n) is 4.43. The summed E-state index contributed by atoms with van der Waals surface area (Å²) in [5.41, 5.74) is 4.43. The molecule has 0 bridgehead atoms. The van der Waals surface area contributed by atoms with Crippen molar-refractivity contribution in [2.24, 2.45) is 5.92 Å². The second-order valence-corrected chi connectivity index (χ2v) is 10.2. The molecule has 2 aromatic rings. The number of nitrogens with zero attached hydrogens (tertiary/aromatic N) is 2. The highest BCUT2D eigenvalue weighted by atomic mass is 32.2. The van der Waals surface area contributed by atoms with Crippen molar-refractivity contribution in [2.45, 2.75) is 38.5 Å². The molecule has 154 valence electrons. The second-order valence-electron chi connectivity index (χ2n) is 8.20. The largest absolute Gasteiger partial charge is 0.338 e. The molecule has 0 spiro atoms. The summed E-state index contributed by atoms with van der Waals surface area (Å²) >= 11 is 0. The summed E-state index contributed by atoms with van der Waals surface area (Å²) in [6.45, 7) is 4.23. The molecule has 0 saturated carbocycles. The van der Waals surface area contributed by atoms with Crippen LogP contribution in [0.4, 0.5) is 0 Å². The molecular formula is C23H28N2O3S. The Morgan fingerprint density at radius 2 is 1.72 bits per heavy atom. The molecule has 1 amide bonds. The van der Waals surface area contributed by atoms with Crippen LogP contribution in [0.25, 0.3) is 0 Å². The van der Waals surface area contributed by atoms with Gasteiger partial charge in [0.2, 0.25) is 15.9 Å². The average Bonchev–Trinajstić information content (AvgIpc) is 2.72. The van der Waals surface area contributed by atoms with E-state index in [9.17, 15) is 13.2 Å². The molecule has 0 unspecified atom stereocenters. The van der Waals surface area contributed by atoms with Gasteiger partial charge in [0.25, 0.3) is 0 Å². The molecule has 2 heterocycles. The van der Waals surface area contributed by atoms with Crippen molar-refractivity contribution >= 4 is 15.9 Å². The van der Waals surface area contributed by atoms with Crippen LogP contribution >= 0.6 is 0 Å². The Morgan fingerprint density at radius 1 is 1.00 bits per heavy atom. The van der Waals surface area contributed by atoms with Gasteiger partial charge in [0.05, 0.1) is 5.75 Å². The molecule has 6 heteroatoms. The Hall–Kier alpha value is -2.18. The van der Waals surface area contributed by atoms with E-state index in [-0.39, 0.29) is 17.6 Å². The van der Waals surface area contributed by atoms with Crippen molar-refractivity contribution in [3.05, 3.63) is 70.8 Å². The molecule has 2 aliphatic heterocycles. The highest BCUT2D eigenvalue weighted by Crippen LogP contribution is 2.26. The molecule has 1 saturated heterocycles. The van der Waals surface area contributed by atoms with Gasteiger partial charge in [0.15, 0.2) is 0 Å². The number of benzene rings is 2. The first kappa shape index (κ1) is 20.1. The number of aryl methyl sites for hydroxylation is 1. The van der Waals surface area contributed by atoms with Gasteiger partial charge in [0, 0.05) is 32.1 Å². The van der Waals surface area contributed by atoms with Crippen molar-refractivity contribution in [3.8, 4) is 0 Å². The van der Waals surface area contributed by atoms with Crippen LogP contribution in [0.3, 0.4) is 0 Å². The lowest BCUT2D eigenvalue weighted by atomic mass is 9.94. The number of sulfonamides is 1. The molecule has 2 aliphatic rings. The summed E-state index contributed by atoms with van der Waals surface area (Å²) < 4.78 is 27.2. The summed E-state index contributed by atoms with van der Waals surface area (Å²) in [6.07, 6.45) is 2.10. The van der Waals surface area contributed by atoms with Crippen LogP contribution in [-0.4, -0.2) is 43.2 Å². The number of rotatable bonds is 4. The second kappa shape index (κ2) is 8.28. The maximum Gasteiger partial charge on any atom is 0.226 e. The van der Waals surface area contributed by atoms with E-state index in [0.29, 0.717) is 32.5 Å². The number of piperidine rings is 1. The first-order valence-corrected chi connectivity index (χ1v) is 11.9. The predicted octanol–water partition coefficient (Wildman–Crippen LogP) is 3.12. The van der Waals surface area contributed by atoms with E-state index in [4.69, 9.17) is 0 Å². The van der Waals surface area contributed by atoms with Gasteiger partial charge in [-0.1, -0.05) is 54.1 Å². The van der Waals surface area contributed by atoms with E-state index >= 15 is 0 Å². The summed E-state index contributed by atoms with van der Waals surface area (Å²) in [5, 5.41) is 0. The van der Waals surface area contributed by atoms with Crippen LogP contribution in [0.5, 0.6) is 0 Å². The number of hydrogen-bond donors (Lipinski definition) is 0. The number of carbonyl (C=O) groups excluding carboxylic acids is 1. The van der Waals surface area contributed by atoms with Crippen LogP contribution in [0, 0.1) is 12.8 Å². The summed E-state index contributed by atoms with van der Waals surface area (Å²) in [5.74, 6) is 0.122. The fourth-order valence-corrected chi connectivity index (χ4v) is 5.98. The van der Waals surface area contributed by atoms with Gasteiger partial charge in [-0.3, -0.25) is 4.79 Å². The molecule has 29 heavy (non-hydrogen) atoms. The van der Waals surface area contributed by atoms with Gasteiger partial charge in [-0.15, -0.1) is 0 Å². The first-order valence-electron chi connectivity index (χ1n) is 10.3. The molecule has 0 N–H and O–H groups in total. The Kier molecular flexibility index (Phi) is 5.74. The minimum atomic E-state index is -3.36. The molecular weight excluding hydrogens is 384 g/mol. The maximum absolute atomic E-state index is 13.0. The van der Waals surface area contributed by atoms with Crippen LogP contribution in [-0.2, 0) is 33.5 Å². The lowest BCUT2D eigenvalue weighted by Gasteiger charge is -2.35. The van der Waals surface area contributed by atoms with Gasteiger partial charge < -0.3 is 4.90 Å². The monoisotopic (exact) mass is 412 g/mol. The fraction of sp³-hybridized carbons (Fsp3) is 0.435. The standard InChI is InChI=1S/C23H28N2O3S/c1-18-5-4-6-19(15-18)17-29(27,28)25-13-10-21(11-14-25)23(26)24-12-9-20-7-2-3-8-22(20)16-24/h2-8,15,21H,9-14,16-17H2,1H3. The Balaban J connectivity index is 1.35. The zero-order valence-electron chi connectivity index (χ0n) is 16.9. The number of hydrogen-bond acceptors (Lipinski definition) is 3. The van der Waals surface area contributed by atoms with Crippen LogP contribution in [0.15, 0.2) is 48.5 Å². The first-order chi connectivity index (χ1) is 13.9. The van der Waals surface area contributed by atoms with Crippen molar-refractivity contribution in [3.63, 3.8) is 0 Å². The van der Waals surface area contributed by atoms with Crippen molar-refractivity contribution < 1.29 is 13.2 Å². The van der Waals surface area contributed by atoms with E-state index < -0.39 is 10.0 Å². The van der Waals surface area contributed by atoms with Crippen LogP contribution < -0.4 is 0 Å². The zero-order valence-corrected chi connectivity index (χ0v) is 17.7.